The Morgan fingerprint density at radius 3 is 2.38 bits per heavy atom. The molecule has 150 valence electrons. The molecule has 0 aromatic heterocycles. The molecule has 0 spiro atoms. The molecule has 29 heavy (non-hydrogen) atoms. The van der Waals surface area contributed by atoms with Gasteiger partial charge in [-0.05, 0) is 55.7 Å². The molecule has 1 unspecified atom stereocenters. The van der Waals surface area contributed by atoms with Crippen molar-refractivity contribution in [3.05, 3.63) is 69.3 Å². The van der Waals surface area contributed by atoms with Crippen LogP contribution in [0.25, 0.3) is 0 Å². The number of Topliss-reactive ketones (excluding diaryl/α,β-unsaturated/α-hetero) is 1. The topological polar surface area (TPSA) is 46.6 Å². The van der Waals surface area contributed by atoms with Gasteiger partial charge in [-0.3, -0.25) is 14.5 Å². The first kappa shape index (κ1) is 20.0. The van der Waals surface area contributed by atoms with Crippen molar-refractivity contribution < 1.29 is 14.3 Å². The van der Waals surface area contributed by atoms with E-state index in [4.69, 9.17) is 27.9 Å². The maximum Gasteiger partial charge on any atom is 0.232 e. The number of anilines is 1. The second-order valence-electron chi connectivity index (χ2n) is 7.25. The second-order valence-corrected chi connectivity index (χ2v) is 8.13. The van der Waals surface area contributed by atoms with Crippen molar-refractivity contribution >= 4 is 40.6 Å². The molecule has 0 bridgehead atoms. The summed E-state index contributed by atoms with van der Waals surface area (Å²) in [5.74, 6) is 0.580. The van der Waals surface area contributed by atoms with Gasteiger partial charge in [-0.2, -0.15) is 0 Å². The highest BCUT2D eigenvalue weighted by atomic mass is 35.5. The quantitative estimate of drug-likeness (QED) is 0.605. The van der Waals surface area contributed by atoms with E-state index < -0.39 is 0 Å². The molecule has 1 aliphatic heterocycles. The van der Waals surface area contributed by atoms with E-state index in [0.29, 0.717) is 35.2 Å². The lowest BCUT2D eigenvalue weighted by atomic mass is 9.77. The molecule has 2 aromatic carbocycles. The van der Waals surface area contributed by atoms with Gasteiger partial charge in [0.2, 0.25) is 5.91 Å². The van der Waals surface area contributed by atoms with Crippen LogP contribution < -0.4 is 9.64 Å². The molecular weight excluding hydrogens is 409 g/mol. The Balaban J connectivity index is 1.80. The SMILES string of the molecule is CCOc1ccc(C2CC(=O)N(c3cc(Cl)cc(Cl)c3)C3=C2C(=O)CCC3)cc1. The number of halogens is 2. The lowest BCUT2D eigenvalue weighted by Crippen LogP contribution is -2.40. The molecule has 4 nitrogen and oxygen atoms in total. The molecule has 1 atom stereocenters. The molecule has 1 aliphatic carbocycles. The van der Waals surface area contributed by atoms with Crippen LogP contribution >= 0.6 is 23.2 Å². The molecule has 1 amide bonds. The summed E-state index contributed by atoms with van der Waals surface area (Å²) >= 11 is 12.3. The average molecular weight is 430 g/mol. The number of hydrogen-bond donors (Lipinski definition) is 0. The Morgan fingerprint density at radius 2 is 1.72 bits per heavy atom. The summed E-state index contributed by atoms with van der Waals surface area (Å²) in [5.41, 5.74) is 3.07. The number of carbonyl (C=O) groups excluding carboxylic acids is 2. The Bertz CT molecular complexity index is 977. The fraction of sp³-hybridized carbons (Fsp3) is 0.304. The Hall–Kier alpha value is -2.30. The number of carbonyl (C=O) groups is 2. The summed E-state index contributed by atoms with van der Waals surface area (Å²) in [6.45, 7) is 2.52. The number of allylic oxidation sites excluding steroid dienone is 2. The number of rotatable bonds is 4. The smallest absolute Gasteiger partial charge is 0.232 e. The molecule has 0 saturated heterocycles. The molecule has 2 aliphatic rings. The minimum Gasteiger partial charge on any atom is -0.494 e. The van der Waals surface area contributed by atoms with Crippen LogP contribution in [0.5, 0.6) is 5.75 Å². The van der Waals surface area contributed by atoms with Gasteiger partial charge in [0.05, 0.1) is 12.3 Å². The standard InChI is InChI=1S/C23H21Cl2NO3/c1-2-29-18-8-6-14(7-9-18)19-13-22(28)26(17-11-15(24)10-16(25)12-17)20-4-3-5-21(27)23(19)20/h6-12,19H,2-5,13H2,1H3. The van der Waals surface area contributed by atoms with Crippen LogP contribution in [-0.2, 0) is 9.59 Å². The molecule has 0 radical (unpaired) electrons. The lowest BCUT2D eigenvalue weighted by molar-refractivity contribution is -0.119. The largest absolute Gasteiger partial charge is 0.494 e. The Kier molecular flexibility index (Phi) is 5.66. The van der Waals surface area contributed by atoms with Crippen molar-refractivity contribution in [3.8, 4) is 5.75 Å². The van der Waals surface area contributed by atoms with Crippen LogP contribution in [-0.4, -0.2) is 18.3 Å². The first-order valence-electron chi connectivity index (χ1n) is 9.76. The summed E-state index contributed by atoms with van der Waals surface area (Å²) in [7, 11) is 0. The normalized spacial score (nSPS) is 19.4. The van der Waals surface area contributed by atoms with Crippen LogP contribution in [0, 0.1) is 0 Å². The van der Waals surface area contributed by atoms with Crippen LogP contribution in [0.3, 0.4) is 0 Å². The number of amides is 1. The molecule has 2 aromatic rings. The Morgan fingerprint density at radius 1 is 1.03 bits per heavy atom. The van der Waals surface area contributed by atoms with Crippen LogP contribution in [0.15, 0.2) is 53.7 Å². The van der Waals surface area contributed by atoms with E-state index in [1.807, 2.05) is 31.2 Å². The van der Waals surface area contributed by atoms with Crippen LogP contribution in [0.1, 0.15) is 44.1 Å². The summed E-state index contributed by atoms with van der Waals surface area (Å²) in [6.07, 6.45) is 2.13. The van der Waals surface area contributed by atoms with Crippen molar-refractivity contribution in [2.75, 3.05) is 11.5 Å². The zero-order valence-electron chi connectivity index (χ0n) is 16.1. The highest BCUT2D eigenvalue weighted by Gasteiger charge is 2.39. The van der Waals surface area contributed by atoms with E-state index >= 15 is 0 Å². The van der Waals surface area contributed by atoms with E-state index in [1.165, 1.54) is 0 Å². The third-order valence-electron chi connectivity index (χ3n) is 5.37. The molecule has 1 heterocycles. The van der Waals surface area contributed by atoms with Crippen LogP contribution in [0.4, 0.5) is 5.69 Å². The first-order valence-corrected chi connectivity index (χ1v) is 10.5. The number of benzene rings is 2. The highest BCUT2D eigenvalue weighted by Crippen LogP contribution is 2.44. The fourth-order valence-electron chi connectivity index (χ4n) is 4.21. The third kappa shape index (κ3) is 3.92. The summed E-state index contributed by atoms with van der Waals surface area (Å²) in [5, 5.41) is 0.913. The van der Waals surface area contributed by atoms with Crippen molar-refractivity contribution in [2.45, 2.75) is 38.5 Å². The van der Waals surface area contributed by atoms with E-state index in [0.717, 1.165) is 29.0 Å². The number of nitrogens with zero attached hydrogens (tertiary/aromatic N) is 1. The van der Waals surface area contributed by atoms with E-state index in [9.17, 15) is 9.59 Å². The molecule has 0 saturated carbocycles. The average Bonchev–Trinajstić information content (AvgIpc) is 2.67. The second kappa shape index (κ2) is 8.21. The predicted molar refractivity (Wildman–Crippen MR) is 115 cm³/mol. The van der Waals surface area contributed by atoms with Gasteiger partial charge in [0.15, 0.2) is 5.78 Å². The van der Waals surface area contributed by atoms with E-state index in [-0.39, 0.29) is 24.0 Å². The maximum absolute atomic E-state index is 13.2. The zero-order valence-corrected chi connectivity index (χ0v) is 17.6. The van der Waals surface area contributed by atoms with Gasteiger partial charge in [-0.25, -0.2) is 0 Å². The van der Waals surface area contributed by atoms with Gasteiger partial charge in [0, 0.05) is 40.1 Å². The van der Waals surface area contributed by atoms with Gasteiger partial charge in [0.25, 0.3) is 0 Å². The zero-order chi connectivity index (χ0) is 20.5. The van der Waals surface area contributed by atoms with Crippen LogP contribution in [0.2, 0.25) is 10.0 Å². The number of hydrogen-bond acceptors (Lipinski definition) is 3. The van der Waals surface area contributed by atoms with Crippen molar-refractivity contribution in [3.63, 3.8) is 0 Å². The third-order valence-corrected chi connectivity index (χ3v) is 5.81. The lowest BCUT2D eigenvalue weighted by Gasteiger charge is -2.38. The highest BCUT2D eigenvalue weighted by molar-refractivity contribution is 6.35. The molecule has 0 N–H and O–H groups in total. The molecule has 4 rings (SSSR count). The fourth-order valence-corrected chi connectivity index (χ4v) is 4.72. The van der Waals surface area contributed by atoms with Gasteiger partial charge in [0.1, 0.15) is 5.75 Å². The maximum atomic E-state index is 13.2. The van der Waals surface area contributed by atoms with E-state index in [2.05, 4.69) is 0 Å². The molecular formula is C23H21Cl2NO3. The summed E-state index contributed by atoms with van der Waals surface area (Å²) in [4.78, 5) is 27.8. The monoisotopic (exact) mass is 429 g/mol. The summed E-state index contributed by atoms with van der Waals surface area (Å²) in [6, 6.07) is 12.7. The van der Waals surface area contributed by atoms with Crippen molar-refractivity contribution in [1.82, 2.24) is 0 Å². The van der Waals surface area contributed by atoms with Gasteiger partial charge >= 0.3 is 0 Å². The summed E-state index contributed by atoms with van der Waals surface area (Å²) < 4.78 is 5.52. The minimum absolute atomic E-state index is 0.0596. The van der Waals surface area contributed by atoms with Gasteiger partial charge in [-0.1, -0.05) is 35.3 Å². The minimum atomic E-state index is -0.244. The number of ketones is 1. The van der Waals surface area contributed by atoms with E-state index in [1.54, 1.807) is 23.1 Å². The molecule has 0 fully saturated rings. The molecule has 6 heteroatoms. The predicted octanol–water partition coefficient (Wildman–Crippen LogP) is 5.92. The van der Waals surface area contributed by atoms with Crippen molar-refractivity contribution in [1.29, 1.82) is 0 Å². The first-order chi connectivity index (χ1) is 14.0. The van der Waals surface area contributed by atoms with Crippen molar-refractivity contribution in [2.24, 2.45) is 0 Å². The number of ether oxygens (including phenoxy) is 1. The van der Waals surface area contributed by atoms with Gasteiger partial charge in [-0.15, -0.1) is 0 Å². The van der Waals surface area contributed by atoms with Gasteiger partial charge < -0.3 is 4.74 Å². The Labute approximate surface area is 180 Å².